The van der Waals surface area contributed by atoms with Gasteiger partial charge in [0.2, 0.25) is 0 Å². The van der Waals surface area contributed by atoms with Crippen LogP contribution in [0, 0.1) is 12.8 Å². The van der Waals surface area contributed by atoms with Gasteiger partial charge in [-0.2, -0.15) is 0 Å². The lowest BCUT2D eigenvalue weighted by Crippen LogP contribution is -2.14. The predicted octanol–water partition coefficient (Wildman–Crippen LogP) is 3.27. The first kappa shape index (κ1) is 14.7. The first-order chi connectivity index (χ1) is 9.63. The maximum Gasteiger partial charge on any atom is 0.0724 e. The number of hydrogen-bond acceptors (Lipinski definition) is 3. The first-order valence-corrected chi connectivity index (χ1v) is 7.19. The number of aromatic nitrogens is 2. The Kier molecular flexibility index (Phi) is 5.24. The minimum absolute atomic E-state index is 0.707. The molecule has 0 aliphatic carbocycles. The molecule has 0 amide bonds. The van der Waals surface area contributed by atoms with Crippen molar-refractivity contribution in [3.63, 3.8) is 0 Å². The van der Waals surface area contributed by atoms with Gasteiger partial charge in [-0.15, -0.1) is 0 Å². The minimum Gasteiger partial charge on any atom is -0.307 e. The molecule has 1 N–H and O–H groups in total. The second kappa shape index (κ2) is 7.15. The second-order valence-electron chi connectivity index (χ2n) is 5.67. The van der Waals surface area contributed by atoms with Crippen LogP contribution < -0.4 is 5.32 Å². The Morgan fingerprint density at radius 1 is 0.950 bits per heavy atom. The highest BCUT2D eigenvalue weighted by molar-refractivity contribution is 5.22. The summed E-state index contributed by atoms with van der Waals surface area (Å²) in [4.78, 5) is 8.57. The molecule has 0 fully saturated rings. The summed E-state index contributed by atoms with van der Waals surface area (Å²) in [5.74, 6) is 0.707. The summed E-state index contributed by atoms with van der Waals surface area (Å²) in [7, 11) is 0. The van der Waals surface area contributed by atoms with Crippen molar-refractivity contribution in [3.05, 3.63) is 59.2 Å². The van der Waals surface area contributed by atoms with E-state index in [0.29, 0.717) is 5.92 Å². The molecule has 0 saturated heterocycles. The molecule has 1 aromatic heterocycles. The van der Waals surface area contributed by atoms with Gasteiger partial charge in [-0.1, -0.05) is 38.1 Å². The second-order valence-corrected chi connectivity index (χ2v) is 5.67. The quantitative estimate of drug-likeness (QED) is 0.874. The van der Waals surface area contributed by atoms with E-state index in [1.807, 2.05) is 13.1 Å². The third-order valence-electron chi connectivity index (χ3n) is 3.14. The van der Waals surface area contributed by atoms with Gasteiger partial charge >= 0.3 is 0 Å². The van der Waals surface area contributed by atoms with Crippen LogP contribution in [0.2, 0.25) is 0 Å². The van der Waals surface area contributed by atoms with Crippen molar-refractivity contribution >= 4 is 0 Å². The van der Waals surface area contributed by atoms with Crippen LogP contribution >= 0.6 is 0 Å². The van der Waals surface area contributed by atoms with Gasteiger partial charge in [0.15, 0.2) is 0 Å². The highest BCUT2D eigenvalue weighted by atomic mass is 14.9. The molecular formula is C17H23N3. The number of hydrogen-bond donors (Lipinski definition) is 1. The molecule has 3 heteroatoms. The standard InChI is InChI=1S/C17H23N3/c1-13(2)8-15-4-6-16(7-5-15)10-18-11-17-12-19-14(3)9-20-17/h4-7,9,12-13,18H,8,10-11H2,1-3H3. The van der Waals surface area contributed by atoms with Crippen molar-refractivity contribution in [2.24, 2.45) is 5.92 Å². The molecule has 0 spiro atoms. The van der Waals surface area contributed by atoms with Gasteiger partial charge in [-0.3, -0.25) is 9.97 Å². The molecule has 3 nitrogen and oxygen atoms in total. The van der Waals surface area contributed by atoms with E-state index in [9.17, 15) is 0 Å². The lowest BCUT2D eigenvalue weighted by Gasteiger charge is -2.07. The highest BCUT2D eigenvalue weighted by Gasteiger charge is 1.99. The smallest absolute Gasteiger partial charge is 0.0724 e. The van der Waals surface area contributed by atoms with E-state index in [4.69, 9.17) is 0 Å². The van der Waals surface area contributed by atoms with Crippen molar-refractivity contribution in [1.82, 2.24) is 15.3 Å². The molecule has 106 valence electrons. The van der Waals surface area contributed by atoms with Crippen LogP contribution in [-0.4, -0.2) is 9.97 Å². The van der Waals surface area contributed by atoms with Crippen LogP contribution in [-0.2, 0) is 19.5 Å². The van der Waals surface area contributed by atoms with Crippen molar-refractivity contribution in [1.29, 1.82) is 0 Å². The topological polar surface area (TPSA) is 37.8 Å². The van der Waals surface area contributed by atoms with Gasteiger partial charge in [-0.25, -0.2) is 0 Å². The molecule has 20 heavy (non-hydrogen) atoms. The van der Waals surface area contributed by atoms with Crippen molar-refractivity contribution in [2.75, 3.05) is 0 Å². The van der Waals surface area contributed by atoms with E-state index in [2.05, 4.69) is 53.4 Å². The third kappa shape index (κ3) is 4.74. The molecule has 0 aliphatic rings. The molecule has 0 radical (unpaired) electrons. The average molecular weight is 269 g/mol. The summed E-state index contributed by atoms with van der Waals surface area (Å²) in [6.45, 7) is 8.05. The summed E-state index contributed by atoms with van der Waals surface area (Å²) < 4.78 is 0. The Balaban J connectivity index is 1.80. The van der Waals surface area contributed by atoms with Crippen molar-refractivity contribution < 1.29 is 0 Å². The lowest BCUT2D eigenvalue weighted by molar-refractivity contribution is 0.646. The molecular weight excluding hydrogens is 246 g/mol. The molecule has 0 atom stereocenters. The number of nitrogens with one attached hydrogen (secondary N) is 1. The summed E-state index contributed by atoms with van der Waals surface area (Å²) in [5.41, 5.74) is 4.65. The Bertz CT molecular complexity index is 515. The van der Waals surface area contributed by atoms with Crippen LogP contribution in [0.1, 0.15) is 36.4 Å². The monoisotopic (exact) mass is 269 g/mol. The average Bonchev–Trinajstić information content (AvgIpc) is 2.42. The maximum atomic E-state index is 4.33. The van der Waals surface area contributed by atoms with E-state index in [0.717, 1.165) is 30.9 Å². The van der Waals surface area contributed by atoms with E-state index in [-0.39, 0.29) is 0 Å². The fraction of sp³-hybridized carbons (Fsp3) is 0.412. The van der Waals surface area contributed by atoms with Gasteiger partial charge < -0.3 is 5.32 Å². The molecule has 0 unspecified atom stereocenters. The van der Waals surface area contributed by atoms with Gasteiger partial charge in [0, 0.05) is 25.5 Å². The van der Waals surface area contributed by atoms with Crippen LogP contribution in [0.15, 0.2) is 36.7 Å². The van der Waals surface area contributed by atoms with Crippen molar-refractivity contribution in [3.8, 4) is 0 Å². The molecule has 1 aromatic carbocycles. The Labute approximate surface area is 121 Å². The summed E-state index contributed by atoms with van der Waals surface area (Å²) >= 11 is 0. The SMILES string of the molecule is Cc1cnc(CNCc2ccc(CC(C)C)cc2)cn1. The summed E-state index contributed by atoms with van der Waals surface area (Å²) in [6, 6.07) is 8.85. The lowest BCUT2D eigenvalue weighted by atomic mass is 10.0. The van der Waals surface area contributed by atoms with Crippen LogP contribution in [0.5, 0.6) is 0 Å². The Hall–Kier alpha value is -1.74. The molecule has 2 aromatic rings. The van der Waals surface area contributed by atoms with E-state index >= 15 is 0 Å². The minimum atomic E-state index is 0.707. The van der Waals surface area contributed by atoms with Gasteiger partial charge in [0.1, 0.15) is 0 Å². The molecule has 0 saturated carbocycles. The normalized spacial score (nSPS) is 11.0. The predicted molar refractivity (Wildman–Crippen MR) is 82.3 cm³/mol. The largest absolute Gasteiger partial charge is 0.307 e. The number of nitrogens with zero attached hydrogens (tertiary/aromatic N) is 2. The molecule has 0 aliphatic heterocycles. The van der Waals surface area contributed by atoms with Gasteiger partial charge in [0.25, 0.3) is 0 Å². The van der Waals surface area contributed by atoms with Crippen LogP contribution in [0.25, 0.3) is 0 Å². The third-order valence-corrected chi connectivity index (χ3v) is 3.14. The maximum absolute atomic E-state index is 4.33. The van der Waals surface area contributed by atoms with Crippen LogP contribution in [0.3, 0.4) is 0 Å². The first-order valence-electron chi connectivity index (χ1n) is 7.19. The highest BCUT2D eigenvalue weighted by Crippen LogP contribution is 2.09. The zero-order valence-electron chi connectivity index (χ0n) is 12.6. The van der Waals surface area contributed by atoms with E-state index < -0.39 is 0 Å². The molecule has 1 heterocycles. The summed E-state index contributed by atoms with van der Waals surface area (Å²) in [6.07, 6.45) is 4.78. The Morgan fingerprint density at radius 3 is 2.25 bits per heavy atom. The van der Waals surface area contributed by atoms with Crippen LogP contribution in [0.4, 0.5) is 0 Å². The summed E-state index contributed by atoms with van der Waals surface area (Å²) in [5, 5.41) is 3.40. The fourth-order valence-corrected chi connectivity index (χ4v) is 2.11. The van der Waals surface area contributed by atoms with Gasteiger partial charge in [-0.05, 0) is 30.4 Å². The number of rotatable bonds is 6. The molecule has 0 bridgehead atoms. The molecule has 2 rings (SSSR count). The van der Waals surface area contributed by atoms with E-state index in [1.165, 1.54) is 11.1 Å². The zero-order valence-corrected chi connectivity index (χ0v) is 12.6. The van der Waals surface area contributed by atoms with Crippen molar-refractivity contribution in [2.45, 2.75) is 40.3 Å². The van der Waals surface area contributed by atoms with E-state index in [1.54, 1.807) is 6.20 Å². The number of benzene rings is 1. The van der Waals surface area contributed by atoms with Gasteiger partial charge in [0.05, 0.1) is 11.4 Å². The zero-order chi connectivity index (χ0) is 14.4. The fourth-order valence-electron chi connectivity index (χ4n) is 2.11. The number of aryl methyl sites for hydroxylation is 1. The Morgan fingerprint density at radius 2 is 1.65 bits per heavy atom.